The van der Waals surface area contributed by atoms with E-state index in [9.17, 15) is 13.2 Å². The molecule has 11 heteroatoms. The van der Waals surface area contributed by atoms with Gasteiger partial charge >= 0.3 is 0 Å². The lowest BCUT2D eigenvalue weighted by molar-refractivity contribution is 0.0977. The minimum absolute atomic E-state index is 0.0609. The number of fused-ring (bicyclic) bond motifs is 1. The first-order valence-corrected chi connectivity index (χ1v) is 16.6. The Kier molecular flexibility index (Phi) is 6.60. The molecule has 2 fully saturated rings. The fourth-order valence-corrected chi connectivity index (χ4v) is 7.22. The number of nitrogens with one attached hydrogen (secondary N) is 1. The largest absolute Gasteiger partial charge is 0.371 e. The Labute approximate surface area is 253 Å². The number of rotatable bonds is 6. The molecule has 1 N–H and O–H groups in total. The molecule has 1 aliphatic heterocycles. The van der Waals surface area contributed by atoms with Crippen molar-refractivity contribution in [2.45, 2.75) is 38.0 Å². The maximum Gasteiger partial charge on any atom is 0.283 e. The van der Waals surface area contributed by atoms with Crippen LogP contribution in [-0.2, 0) is 10.0 Å². The Morgan fingerprint density at radius 3 is 2.43 bits per heavy atom. The second kappa shape index (κ2) is 10.1. The zero-order valence-corrected chi connectivity index (χ0v) is 25.2. The van der Waals surface area contributed by atoms with E-state index in [1.165, 1.54) is 5.57 Å². The number of aromatic nitrogens is 2. The van der Waals surface area contributed by atoms with E-state index in [2.05, 4.69) is 27.2 Å². The van der Waals surface area contributed by atoms with Gasteiger partial charge in [-0.1, -0.05) is 46.6 Å². The van der Waals surface area contributed by atoms with Gasteiger partial charge in [-0.3, -0.25) is 4.79 Å². The second-order valence-corrected chi connectivity index (χ2v) is 14.2. The molecule has 0 radical (unpaired) electrons. The summed E-state index contributed by atoms with van der Waals surface area (Å²) in [4.78, 5) is 18.9. The number of amides is 1. The van der Waals surface area contributed by atoms with Crippen LogP contribution in [0.5, 0.6) is 0 Å². The summed E-state index contributed by atoms with van der Waals surface area (Å²) in [6.07, 6.45) is 8.62. The topological polar surface area (TPSA) is 105 Å². The van der Waals surface area contributed by atoms with E-state index < -0.39 is 15.9 Å². The van der Waals surface area contributed by atoms with E-state index in [0.29, 0.717) is 21.5 Å². The lowest BCUT2D eigenvalue weighted by atomic mass is 9.63. The number of carbonyl (C=O) groups is 1. The van der Waals surface area contributed by atoms with Gasteiger partial charge in [-0.2, -0.15) is 0 Å². The number of carbonyl (C=O) groups excluding carboxylic acids is 1. The standard InChI is InChI=1S/C31H28Cl2N4O4S/c1-42(39,40)36-30(38)25-9-7-19-15-21(8-10-24(19)34-25)37-13-11-31(12-14-37)16-20(17-31)26-28(35-41-29(26)18-5-6-18)27-22(32)3-2-4-23(27)33/h2-4,7-10,15-16,18H,5-6,11-14,17H2,1H3,(H,36,38). The quantitative estimate of drug-likeness (QED) is 0.251. The van der Waals surface area contributed by atoms with E-state index >= 15 is 0 Å². The van der Waals surface area contributed by atoms with Crippen LogP contribution in [0.15, 0.2) is 59.1 Å². The van der Waals surface area contributed by atoms with Crippen molar-refractivity contribution in [3.05, 3.63) is 81.7 Å². The van der Waals surface area contributed by atoms with Gasteiger partial charge in [0.25, 0.3) is 5.91 Å². The molecule has 8 nitrogen and oxygen atoms in total. The fraction of sp³-hybridized carbons (Fsp3) is 0.323. The molecule has 1 saturated carbocycles. The SMILES string of the molecule is CS(=O)(=O)NC(=O)c1ccc2cc(N3CCC4(C=C(c5c(-c6c(Cl)cccc6Cl)noc5C5CC5)C4)CC3)ccc2n1. The summed E-state index contributed by atoms with van der Waals surface area (Å²) in [7, 11) is -3.66. The monoisotopic (exact) mass is 622 g/mol. The number of piperidine rings is 1. The maximum absolute atomic E-state index is 12.2. The normalized spacial score (nSPS) is 18.2. The molecule has 2 aliphatic carbocycles. The van der Waals surface area contributed by atoms with Crippen molar-refractivity contribution in [3.8, 4) is 11.3 Å². The van der Waals surface area contributed by atoms with Crippen LogP contribution in [0.1, 0.15) is 59.8 Å². The van der Waals surface area contributed by atoms with Crippen molar-refractivity contribution >= 4 is 61.3 Å². The van der Waals surface area contributed by atoms with Gasteiger partial charge in [-0.05, 0) is 79.5 Å². The van der Waals surface area contributed by atoms with Gasteiger partial charge in [-0.25, -0.2) is 18.1 Å². The lowest BCUT2D eigenvalue weighted by Gasteiger charge is -2.47. The molecule has 1 amide bonds. The van der Waals surface area contributed by atoms with Gasteiger partial charge in [-0.15, -0.1) is 0 Å². The predicted octanol–water partition coefficient (Wildman–Crippen LogP) is 6.84. The summed E-state index contributed by atoms with van der Waals surface area (Å²) in [6.45, 7) is 1.83. The average Bonchev–Trinajstić information content (AvgIpc) is 3.69. The molecule has 0 atom stereocenters. The first-order chi connectivity index (χ1) is 20.1. The predicted molar refractivity (Wildman–Crippen MR) is 164 cm³/mol. The number of benzene rings is 2. The van der Waals surface area contributed by atoms with E-state index in [-0.39, 0.29) is 11.1 Å². The maximum atomic E-state index is 12.2. The molecule has 216 valence electrons. The molecule has 7 rings (SSSR count). The molecule has 2 aromatic carbocycles. The van der Waals surface area contributed by atoms with Crippen molar-refractivity contribution in [2.24, 2.45) is 5.41 Å². The molecular formula is C31H28Cl2N4O4S. The van der Waals surface area contributed by atoms with Crippen LogP contribution in [0, 0.1) is 5.41 Å². The Bertz CT molecular complexity index is 1870. The number of halogens is 2. The average molecular weight is 624 g/mol. The van der Waals surface area contributed by atoms with Crippen LogP contribution < -0.4 is 9.62 Å². The molecule has 2 aromatic heterocycles. The molecule has 3 heterocycles. The fourth-order valence-electron chi connectivity index (χ4n) is 6.20. The van der Waals surface area contributed by atoms with Crippen molar-refractivity contribution in [3.63, 3.8) is 0 Å². The third-order valence-corrected chi connectivity index (χ3v) is 9.70. The number of hydrogen-bond donors (Lipinski definition) is 1. The van der Waals surface area contributed by atoms with Crippen molar-refractivity contribution in [2.75, 3.05) is 24.2 Å². The van der Waals surface area contributed by atoms with Gasteiger partial charge < -0.3 is 9.42 Å². The summed E-state index contributed by atoms with van der Waals surface area (Å²) in [5.74, 6) is 0.630. The summed E-state index contributed by atoms with van der Waals surface area (Å²) in [5.41, 5.74) is 5.76. The van der Waals surface area contributed by atoms with Crippen LogP contribution in [-0.4, -0.2) is 43.8 Å². The lowest BCUT2D eigenvalue weighted by Crippen LogP contribution is -2.42. The van der Waals surface area contributed by atoms with E-state index in [1.807, 2.05) is 35.1 Å². The number of anilines is 1. The molecule has 4 aromatic rings. The highest BCUT2D eigenvalue weighted by atomic mass is 35.5. The zero-order chi connectivity index (χ0) is 29.2. The third kappa shape index (κ3) is 5.08. The number of allylic oxidation sites excluding steroid dienone is 2. The van der Waals surface area contributed by atoms with Gasteiger partial charge in [0.05, 0.1) is 21.8 Å². The van der Waals surface area contributed by atoms with E-state index in [4.69, 9.17) is 27.7 Å². The molecule has 0 bridgehead atoms. The molecular weight excluding hydrogens is 595 g/mol. The van der Waals surface area contributed by atoms with Crippen molar-refractivity contribution in [1.82, 2.24) is 14.9 Å². The number of hydrogen-bond acceptors (Lipinski definition) is 7. The molecule has 3 aliphatic rings. The van der Waals surface area contributed by atoms with Crippen molar-refractivity contribution < 1.29 is 17.7 Å². The minimum Gasteiger partial charge on any atom is -0.371 e. The van der Waals surface area contributed by atoms with Crippen LogP contribution in [0.3, 0.4) is 0 Å². The van der Waals surface area contributed by atoms with Gasteiger partial charge in [0.15, 0.2) is 0 Å². The van der Waals surface area contributed by atoms with Crippen LogP contribution in [0.25, 0.3) is 27.7 Å². The summed E-state index contributed by atoms with van der Waals surface area (Å²) >= 11 is 13.1. The van der Waals surface area contributed by atoms with Crippen LogP contribution in [0.2, 0.25) is 10.0 Å². The minimum atomic E-state index is -3.66. The molecule has 0 unspecified atom stereocenters. The van der Waals surface area contributed by atoms with Gasteiger partial charge in [0.1, 0.15) is 17.1 Å². The highest BCUT2D eigenvalue weighted by molar-refractivity contribution is 7.89. The first kappa shape index (κ1) is 27.4. The Morgan fingerprint density at radius 2 is 1.76 bits per heavy atom. The summed E-state index contributed by atoms with van der Waals surface area (Å²) in [5, 5.41) is 6.50. The van der Waals surface area contributed by atoms with E-state index in [1.54, 1.807) is 12.1 Å². The Hall–Kier alpha value is -3.40. The highest BCUT2D eigenvalue weighted by Gasteiger charge is 2.44. The second-order valence-electron chi connectivity index (χ2n) is 11.6. The number of sulfonamides is 1. The van der Waals surface area contributed by atoms with Crippen LogP contribution in [0.4, 0.5) is 5.69 Å². The van der Waals surface area contributed by atoms with Gasteiger partial charge in [0.2, 0.25) is 10.0 Å². The third-order valence-electron chi connectivity index (χ3n) is 8.52. The first-order valence-electron chi connectivity index (χ1n) is 13.9. The highest BCUT2D eigenvalue weighted by Crippen LogP contribution is 2.56. The van der Waals surface area contributed by atoms with Gasteiger partial charge in [0, 0.05) is 41.2 Å². The molecule has 1 saturated heterocycles. The van der Waals surface area contributed by atoms with Crippen LogP contribution >= 0.6 is 23.2 Å². The van der Waals surface area contributed by atoms with Crippen molar-refractivity contribution in [1.29, 1.82) is 0 Å². The zero-order valence-electron chi connectivity index (χ0n) is 22.9. The number of nitrogens with zero attached hydrogens (tertiary/aromatic N) is 3. The Morgan fingerprint density at radius 1 is 1.05 bits per heavy atom. The summed E-state index contributed by atoms with van der Waals surface area (Å²) < 4.78 is 30.7. The number of pyridine rings is 1. The molecule has 42 heavy (non-hydrogen) atoms. The Balaban J connectivity index is 1.09. The summed E-state index contributed by atoms with van der Waals surface area (Å²) in [6, 6.07) is 14.8. The van der Waals surface area contributed by atoms with E-state index in [0.717, 1.165) is 85.1 Å². The molecule has 1 spiro atoms. The smallest absolute Gasteiger partial charge is 0.283 e.